The van der Waals surface area contributed by atoms with Gasteiger partial charge in [0, 0.05) is 13.1 Å². The van der Waals surface area contributed by atoms with E-state index < -0.39 is 6.10 Å². The van der Waals surface area contributed by atoms with Gasteiger partial charge in [0.1, 0.15) is 0 Å². The maximum atomic E-state index is 9.37. The zero-order valence-electron chi connectivity index (χ0n) is 11.9. The quantitative estimate of drug-likeness (QED) is 0.804. The summed E-state index contributed by atoms with van der Waals surface area (Å²) < 4.78 is 0. The molecule has 0 radical (unpaired) electrons. The summed E-state index contributed by atoms with van der Waals surface area (Å²) in [6, 6.07) is 4.48. The molecule has 18 heavy (non-hydrogen) atoms. The summed E-state index contributed by atoms with van der Waals surface area (Å²) in [5, 5.41) is 18.2. The lowest BCUT2D eigenvalue weighted by Gasteiger charge is -2.20. The summed E-state index contributed by atoms with van der Waals surface area (Å²) in [6.45, 7) is 7.64. The molecule has 3 heteroatoms. The standard InChI is InChI=1S/C15H25NO2/c1-11-7-13(3)14(8-12(11)2)5-6-16(4)9-15(18)10-17/h7-8,15,17-18H,5-6,9-10H2,1-4H3. The Morgan fingerprint density at radius 1 is 1.11 bits per heavy atom. The van der Waals surface area contributed by atoms with Crippen LogP contribution in [0.1, 0.15) is 22.3 Å². The molecule has 0 aliphatic rings. The van der Waals surface area contributed by atoms with Gasteiger partial charge in [-0.05, 0) is 56.5 Å². The van der Waals surface area contributed by atoms with E-state index >= 15 is 0 Å². The van der Waals surface area contributed by atoms with Crippen molar-refractivity contribution in [3.05, 3.63) is 34.4 Å². The highest BCUT2D eigenvalue weighted by Gasteiger charge is 2.08. The molecule has 102 valence electrons. The van der Waals surface area contributed by atoms with Crippen LogP contribution in [-0.4, -0.2) is 48.0 Å². The number of benzene rings is 1. The third-order valence-electron chi connectivity index (χ3n) is 3.45. The second-order valence-electron chi connectivity index (χ2n) is 5.21. The minimum Gasteiger partial charge on any atom is -0.394 e. The number of aryl methyl sites for hydroxylation is 3. The lowest BCUT2D eigenvalue weighted by atomic mass is 9.99. The molecule has 0 amide bonds. The van der Waals surface area contributed by atoms with Gasteiger partial charge in [-0.25, -0.2) is 0 Å². The molecule has 0 bridgehead atoms. The Labute approximate surface area is 110 Å². The maximum Gasteiger partial charge on any atom is 0.0897 e. The molecule has 0 saturated heterocycles. The molecule has 1 aromatic carbocycles. The van der Waals surface area contributed by atoms with Crippen molar-refractivity contribution >= 4 is 0 Å². The fourth-order valence-electron chi connectivity index (χ4n) is 2.11. The van der Waals surface area contributed by atoms with Gasteiger partial charge in [-0.1, -0.05) is 12.1 Å². The van der Waals surface area contributed by atoms with Crippen LogP contribution in [0.4, 0.5) is 0 Å². The molecule has 0 fully saturated rings. The Morgan fingerprint density at radius 2 is 1.72 bits per heavy atom. The second-order valence-corrected chi connectivity index (χ2v) is 5.21. The Hall–Kier alpha value is -0.900. The number of aliphatic hydroxyl groups is 2. The molecule has 0 aliphatic heterocycles. The molecule has 0 aliphatic carbocycles. The van der Waals surface area contributed by atoms with Crippen LogP contribution >= 0.6 is 0 Å². The van der Waals surface area contributed by atoms with Crippen molar-refractivity contribution in [3.8, 4) is 0 Å². The summed E-state index contributed by atoms with van der Waals surface area (Å²) in [5.41, 5.74) is 5.35. The van der Waals surface area contributed by atoms with Gasteiger partial charge in [0.25, 0.3) is 0 Å². The average molecular weight is 251 g/mol. The molecule has 2 N–H and O–H groups in total. The van der Waals surface area contributed by atoms with Crippen molar-refractivity contribution in [2.24, 2.45) is 0 Å². The lowest BCUT2D eigenvalue weighted by molar-refractivity contribution is 0.0669. The molecular weight excluding hydrogens is 226 g/mol. The van der Waals surface area contributed by atoms with Crippen LogP contribution in [0, 0.1) is 20.8 Å². The van der Waals surface area contributed by atoms with E-state index in [2.05, 4.69) is 37.8 Å². The monoisotopic (exact) mass is 251 g/mol. The number of nitrogens with zero attached hydrogens (tertiary/aromatic N) is 1. The average Bonchev–Trinajstić information content (AvgIpc) is 2.32. The molecule has 1 unspecified atom stereocenters. The Kier molecular flexibility index (Phi) is 5.79. The molecule has 3 nitrogen and oxygen atoms in total. The van der Waals surface area contributed by atoms with Gasteiger partial charge in [0.15, 0.2) is 0 Å². The van der Waals surface area contributed by atoms with E-state index in [1.165, 1.54) is 22.3 Å². The highest BCUT2D eigenvalue weighted by atomic mass is 16.3. The van der Waals surface area contributed by atoms with Gasteiger partial charge in [0.05, 0.1) is 12.7 Å². The van der Waals surface area contributed by atoms with Crippen LogP contribution in [0.5, 0.6) is 0 Å². The van der Waals surface area contributed by atoms with Gasteiger partial charge in [-0.2, -0.15) is 0 Å². The Bertz CT molecular complexity index is 390. The number of rotatable bonds is 6. The summed E-state index contributed by atoms with van der Waals surface area (Å²) in [4.78, 5) is 2.05. The minimum atomic E-state index is -0.643. The van der Waals surface area contributed by atoms with E-state index in [-0.39, 0.29) is 6.61 Å². The molecule has 1 atom stereocenters. The maximum absolute atomic E-state index is 9.37. The third-order valence-corrected chi connectivity index (χ3v) is 3.45. The summed E-state index contributed by atoms with van der Waals surface area (Å²) in [5.74, 6) is 0. The van der Waals surface area contributed by atoms with Crippen molar-refractivity contribution < 1.29 is 10.2 Å². The van der Waals surface area contributed by atoms with Gasteiger partial charge in [-0.3, -0.25) is 0 Å². The van der Waals surface area contributed by atoms with Crippen LogP contribution in [0.25, 0.3) is 0 Å². The lowest BCUT2D eigenvalue weighted by Crippen LogP contribution is -2.32. The van der Waals surface area contributed by atoms with Gasteiger partial charge < -0.3 is 15.1 Å². The zero-order valence-corrected chi connectivity index (χ0v) is 11.9. The normalized spacial score (nSPS) is 13.1. The summed E-state index contributed by atoms with van der Waals surface area (Å²) in [6.07, 6.45) is 0.331. The Balaban J connectivity index is 2.55. The first kappa shape index (κ1) is 15.2. The fraction of sp³-hybridized carbons (Fsp3) is 0.600. The molecule has 0 saturated carbocycles. The number of aliphatic hydroxyl groups excluding tert-OH is 2. The molecule has 0 heterocycles. The van der Waals surface area contributed by atoms with Crippen molar-refractivity contribution in [3.63, 3.8) is 0 Å². The largest absolute Gasteiger partial charge is 0.394 e. The van der Waals surface area contributed by atoms with Gasteiger partial charge in [-0.15, -0.1) is 0 Å². The minimum absolute atomic E-state index is 0.174. The fourth-order valence-corrected chi connectivity index (χ4v) is 2.11. The van der Waals surface area contributed by atoms with Crippen LogP contribution in [0.2, 0.25) is 0 Å². The molecule has 0 aromatic heterocycles. The summed E-state index contributed by atoms with van der Waals surface area (Å²) in [7, 11) is 1.97. The molecule has 0 spiro atoms. The van der Waals surface area contributed by atoms with E-state index in [9.17, 15) is 5.11 Å². The van der Waals surface area contributed by atoms with Crippen LogP contribution in [0.3, 0.4) is 0 Å². The van der Waals surface area contributed by atoms with E-state index in [0.29, 0.717) is 6.54 Å². The van der Waals surface area contributed by atoms with E-state index in [0.717, 1.165) is 13.0 Å². The van der Waals surface area contributed by atoms with Crippen molar-refractivity contribution in [2.75, 3.05) is 26.7 Å². The first-order chi connectivity index (χ1) is 8.43. The first-order valence-electron chi connectivity index (χ1n) is 6.48. The van der Waals surface area contributed by atoms with E-state index in [1.807, 2.05) is 7.05 Å². The highest BCUT2D eigenvalue weighted by molar-refractivity contribution is 5.36. The topological polar surface area (TPSA) is 43.7 Å². The number of likely N-dealkylation sites (N-methyl/N-ethyl adjacent to an activating group) is 1. The third kappa shape index (κ3) is 4.41. The van der Waals surface area contributed by atoms with Crippen molar-refractivity contribution in [2.45, 2.75) is 33.3 Å². The second kappa shape index (κ2) is 6.88. The highest BCUT2D eigenvalue weighted by Crippen LogP contribution is 2.16. The molecular formula is C15H25NO2. The predicted octanol–water partition coefficient (Wildman–Crippen LogP) is 1.44. The number of hydrogen-bond donors (Lipinski definition) is 2. The van der Waals surface area contributed by atoms with Crippen molar-refractivity contribution in [1.82, 2.24) is 4.90 Å². The molecule has 1 rings (SSSR count). The van der Waals surface area contributed by atoms with Crippen LogP contribution in [0.15, 0.2) is 12.1 Å². The smallest absolute Gasteiger partial charge is 0.0897 e. The number of hydrogen-bond acceptors (Lipinski definition) is 3. The molecule has 1 aromatic rings. The predicted molar refractivity (Wildman–Crippen MR) is 74.9 cm³/mol. The zero-order chi connectivity index (χ0) is 13.7. The van der Waals surface area contributed by atoms with Crippen LogP contribution in [-0.2, 0) is 6.42 Å². The SMILES string of the molecule is Cc1cc(C)c(CCN(C)CC(O)CO)cc1C. The van der Waals surface area contributed by atoms with E-state index in [4.69, 9.17) is 5.11 Å². The van der Waals surface area contributed by atoms with Crippen LogP contribution < -0.4 is 0 Å². The summed E-state index contributed by atoms with van der Waals surface area (Å²) >= 11 is 0. The Morgan fingerprint density at radius 3 is 2.33 bits per heavy atom. The van der Waals surface area contributed by atoms with Gasteiger partial charge in [0.2, 0.25) is 0 Å². The van der Waals surface area contributed by atoms with Crippen molar-refractivity contribution in [1.29, 1.82) is 0 Å². The van der Waals surface area contributed by atoms with Gasteiger partial charge >= 0.3 is 0 Å². The first-order valence-corrected chi connectivity index (χ1v) is 6.48. The van der Waals surface area contributed by atoms with E-state index in [1.54, 1.807) is 0 Å².